The van der Waals surface area contributed by atoms with Crippen molar-refractivity contribution in [2.45, 2.75) is 0 Å². The molecule has 0 aliphatic heterocycles. The number of rotatable bonds is 2. The Balaban J connectivity index is 2.22. The normalized spacial score (nSPS) is 10.8. The zero-order valence-electron chi connectivity index (χ0n) is 10.5. The van der Waals surface area contributed by atoms with E-state index in [0.29, 0.717) is 27.1 Å². The van der Waals surface area contributed by atoms with Crippen LogP contribution in [0.25, 0.3) is 17.1 Å². The number of tetrazole rings is 1. The topological polar surface area (TPSA) is 69.6 Å². The number of hydrogen-bond donors (Lipinski definition) is 1. The largest absolute Gasteiger partial charge is 0.398 e. The molecule has 3 aromatic rings. The van der Waals surface area contributed by atoms with Crippen molar-refractivity contribution in [3.8, 4) is 17.1 Å². The molecular weight excluding hydrogens is 377 g/mol. The fourth-order valence-corrected chi connectivity index (χ4v) is 3.05. The van der Waals surface area contributed by atoms with Crippen molar-refractivity contribution >= 4 is 44.8 Å². The quantitative estimate of drug-likeness (QED) is 0.678. The first-order valence-corrected chi connectivity index (χ1v) is 7.41. The van der Waals surface area contributed by atoms with Gasteiger partial charge in [-0.1, -0.05) is 29.3 Å². The standard InChI is InChI=1S/C13H8BrCl2N5/c14-8-6-7(15)4-5-11(8)21-13(18-19-20-21)12-9(16)2-1-3-10(12)17/h1-6H,17H2. The molecule has 0 aliphatic carbocycles. The fourth-order valence-electron chi connectivity index (χ4n) is 1.94. The molecule has 0 bridgehead atoms. The third-order valence-electron chi connectivity index (χ3n) is 2.88. The van der Waals surface area contributed by atoms with Gasteiger partial charge in [-0.25, -0.2) is 0 Å². The molecule has 0 saturated heterocycles. The lowest BCUT2D eigenvalue weighted by molar-refractivity contribution is 0.789. The van der Waals surface area contributed by atoms with Crippen LogP contribution in [0, 0.1) is 0 Å². The summed E-state index contributed by atoms with van der Waals surface area (Å²) in [4.78, 5) is 0. The van der Waals surface area contributed by atoms with E-state index in [1.165, 1.54) is 0 Å². The smallest absolute Gasteiger partial charge is 0.190 e. The minimum absolute atomic E-state index is 0.459. The number of aromatic nitrogens is 4. The van der Waals surface area contributed by atoms with Crippen molar-refractivity contribution in [3.63, 3.8) is 0 Å². The van der Waals surface area contributed by atoms with Gasteiger partial charge in [0.1, 0.15) is 0 Å². The van der Waals surface area contributed by atoms with Crippen LogP contribution in [0.4, 0.5) is 5.69 Å². The molecule has 5 nitrogen and oxygen atoms in total. The highest BCUT2D eigenvalue weighted by Gasteiger charge is 2.18. The number of nitrogen functional groups attached to an aromatic ring is 1. The summed E-state index contributed by atoms with van der Waals surface area (Å²) < 4.78 is 2.31. The average molecular weight is 385 g/mol. The van der Waals surface area contributed by atoms with Crippen molar-refractivity contribution < 1.29 is 0 Å². The minimum Gasteiger partial charge on any atom is -0.398 e. The summed E-state index contributed by atoms with van der Waals surface area (Å²) in [5.41, 5.74) is 7.82. The van der Waals surface area contributed by atoms with E-state index >= 15 is 0 Å². The summed E-state index contributed by atoms with van der Waals surface area (Å²) in [7, 11) is 0. The Labute approximate surface area is 138 Å². The Bertz CT molecular complexity index is 798. The van der Waals surface area contributed by atoms with Crippen LogP contribution in [0.5, 0.6) is 0 Å². The molecule has 0 radical (unpaired) electrons. The van der Waals surface area contributed by atoms with Crippen LogP contribution in [0.1, 0.15) is 0 Å². The lowest BCUT2D eigenvalue weighted by Gasteiger charge is -2.10. The molecule has 8 heteroatoms. The van der Waals surface area contributed by atoms with Gasteiger partial charge in [0.2, 0.25) is 0 Å². The highest BCUT2D eigenvalue weighted by molar-refractivity contribution is 9.10. The van der Waals surface area contributed by atoms with Gasteiger partial charge in [0.15, 0.2) is 5.82 Å². The lowest BCUT2D eigenvalue weighted by atomic mass is 10.1. The van der Waals surface area contributed by atoms with Gasteiger partial charge < -0.3 is 5.73 Å². The van der Waals surface area contributed by atoms with Crippen molar-refractivity contribution in [3.05, 3.63) is 50.9 Å². The number of nitrogens with zero attached hydrogens (tertiary/aromatic N) is 4. The van der Waals surface area contributed by atoms with Crippen molar-refractivity contribution in [2.75, 3.05) is 5.73 Å². The lowest BCUT2D eigenvalue weighted by Crippen LogP contribution is -2.03. The van der Waals surface area contributed by atoms with E-state index < -0.39 is 0 Å². The second-order valence-electron chi connectivity index (χ2n) is 4.21. The summed E-state index contributed by atoms with van der Waals surface area (Å²) in [6.07, 6.45) is 0. The summed E-state index contributed by atoms with van der Waals surface area (Å²) in [6.45, 7) is 0. The van der Waals surface area contributed by atoms with Crippen molar-refractivity contribution in [1.29, 1.82) is 0 Å². The van der Waals surface area contributed by atoms with E-state index in [2.05, 4.69) is 31.5 Å². The van der Waals surface area contributed by atoms with E-state index in [9.17, 15) is 0 Å². The van der Waals surface area contributed by atoms with E-state index in [0.717, 1.165) is 10.2 Å². The van der Waals surface area contributed by atoms with E-state index in [4.69, 9.17) is 28.9 Å². The summed E-state index contributed by atoms with van der Waals surface area (Å²) >= 11 is 15.6. The number of halogens is 3. The van der Waals surface area contributed by atoms with Gasteiger partial charge in [-0.05, 0) is 56.7 Å². The average Bonchev–Trinajstić information content (AvgIpc) is 2.87. The number of hydrogen-bond acceptors (Lipinski definition) is 4. The maximum Gasteiger partial charge on any atom is 0.190 e. The zero-order chi connectivity index (χ0) is 15.0. The van der Waals surface area contributed by atoms with Gasteiger partial charge in [-0.3, -0.25) is 0 Å². The second-order valence-corrected chi connectivity index (χ2v) is 5.91. The highest BCUT2D eigenvalue weighted by Crippen LogP contribution is 2.34. The Hall–Kier alpha value is -1.63. The third kappa shape index (κ3) is 2.62. The van der Waals surface area contributed by atoms with Gasteiger partial charge in [0.05, 0.1) is 16.3 Å². The molecule has 21 heavy (non-hydrogen) atoms. The molecule has 0 amide bonds. The first-order chi connectivity index (χ1) is 10.1. The maximum absolute atomic E-state index is 6.22. The van der Waals surface area contributed by atoms with Crippen LogP contribution in [-0.2, 0) is 0 Å². The van der Waals surface area contributed by atoms with Crippen LogP contribution >= 0.6 is 39.1 Å². The molecule has 0 spiro atoms. The molecule has 1 aromatic heterocycles. The molecule has 0 fully saturated rings. The Kier molecular flexibility index (Phi) is 3.84. The summed E-state index contributed by atoms with van der Waals surface area (Å²) in [5.74, 6) is 0.459. The molecule has 0 unspecified atom stereocenters. The minimum atomic E-state index is 0.459. The highest BCUT2D eigenvalue weighted by atomic mass is 79.9. The van der Waals surface area contributed by atoms with Crippen molar-refractivity contribution in [1.82, 2.24) is 20.2 Å². The monoisotopic (exact) mass is 383 g/mol. The van der Waals surface area contributed by atoms with E-state index in [1.807, 2.05) is 0 Å². The van der Waals surface area contributed by atoms with Gasteiger partial charge in [-0.2, -0.15) is 4.68 Å². The summed E-state index contributed by atoms with van der Waals surface area (Å²) in [5, 5.41) is 12.8. The second kappa shape index (κ2) is 5.63. The first-order valence-electron chi connectivity index (χ1n) is 5.86. The Morgan fingerprint density at radius 1 is 1.14 bits per heavy atom. The molecule has 2 aromatic carbocycles. The molecular formula is C13H8BrCl2N5. The van der Waals surface area contributed by atoms with Crippen LogP contribution in [0.15, 0.2) is 40.9 Å². The van der Waals surface area contributed by atoms with Gasteiger partial charge in [-0.15, -0.1) is 5.10 Å². The fraction of sp³-hybridized carbons (Fsp3) is 0. The van der Waals surface area contributed by atoms with E-state index in [1.54, 1.807) is 41.1 Å². The van der Waals surface area contributed by atoms with Gasteiger partial charge in [0.25, 0.3) is 0 Å². The predicted molar refractivity (Wildman–Crippen MR) is 86.7 cm³/mol. The van der Waals surface area contributed by atoms with Crippen LogP contribution in [-0.4, -0.2) is 20.2 Å². The van der Waals surface area contributed by atoms with Crippen LogP contribution < -0.4 is 5.73 Å². The number of anilines is 1. The molecule has 0 saturated carbocycles. The Morgan fingerprint density at radius 2 is 1.95 bits per heavy atom. The number of nitrogens with two attached hydrogens (primary N) is 1. The molecule has 3 rings (SSSR count). The first kappa shape index (κ1) is 14.3. The van der Waals surface area contributed by atoms with E-state index in [-0.39, 0.29) is 0 Å². The molecule has 2 N–H and O–H groups in total. The van der Waals surface area contributed by atoms with Crippen LogP contribution in [0.2, 0.25) is 10.0 Å². The number of benzene rings is 2. The molecule has 0 aliphatic rings. The maximum atomic E-state index is 6.22. The zero-order valence-corrected chi connectivity index (χ0v) is 13.6. The summed E-state index contributed by atoms with van der Waals surface area (Å²) in [6, 6.07) is 10.6. The predicted octanol–water partition coefficient (Wildman–Crippen LogP) is 3.98. The van der Waals surface area contributed by atoms with Gasteiger partial charge >= 0.3 is 0 Å². The van der Waals surface area contributed by atoms with Gasteiger partial charge in [0, 0.05) is 15.2 Å². The molecule has 106 valence electrons. The molecule has 1 heterocycles. The third-order valence-corrected chi connectivity index (χ3v) is 4.06. The van der Waals surface area contributed by atoms with Crippen LogP contribution in [0.3, 0.4) is 0 Å². The molecule has 0 atom stereocenters. The Morgan fingerprint density at radius 3 is 2.67 bits per heavy atom. The van der Waals surface area contributed by atoms with Crippen molar-refractivity contribution in [2.24, 2.45) is 0 Å². The SMILES string of the molecule is Nc1cccc(Cl)c1-c1nnnn1-c1ccc(Cl)cc1Br.